The highest BCUT2D eigenvalue weighted by Gasteiger charge is 2.12. The molecule has 0 unspecified atom stereocenters. The number of halogens is 1. The molecule has 0 saturated carbocycles. The van der Waals surface area contributed by atoms with E-state index in [9.17, 15) is 0 Å². The lowest BCUT2D eigenvalue weighted by molar-refractivity contribution is 0.694. The van der Waals surface area contributed by atoms with Crippen molar-refractivity contribution in [3.63, 3.8) is 0 Å². The molecule has 20 heavy (non-hydrogen) atoms. The Labute approximate surface area is 123 Å². The van der Waals surface area contributed by atoms with Crippen molar-refractivity contribution >= 4 is 22.6 Å². The minimum Gasteiger partial charge on any atom is -0.322 e. The molecule has 0 bridgehead atoms. The van der Waals surface area contributed by atoms with E-state index in [1.54, 1.807) is 0 Å². The number of rotatable bonds is 4. The van der Waals surface area contributed by atoms with E-state index in [4.69, 9.17) is 16.6 Å². The summed E-state index contributed by atoms with van der Waals surface area (Å²) in [4.78, 5) is 4.75. The molecule has 0 N–H and O–H groups in total. The molecule has 0 spiro atoms. The molecule has 3 rings (SSSR count). The lowest BCUT2D eigenvalue weighted by Crippen LogP contribution is -2.07. The summed E-state index contributed by atoms with van der Waals surface area (Å²) in [5, 5.41) is 4.45. The van der Waals surface area contributed by atoms with Crippen LogP contribution in [0.3, 0.4) is 0 Å². The maximum Gasteiger partial charge on any atom is 0.111 e. The van der Waals surface area contributed by atoms with Gasteiger partial charge < -0.3 is 4.57 Å². The maximum atomic E-state index is 5.91. The maximum absolute atomic E-state index is 5.91. The monoisotopic (exact) mass is 288 g/mol. The van der Waals surface area contributed by atoms with Crippen LogP contribution in [0.1, 0.15) is 17.1 Å². The van der Waals surface area contributed by atoms with Gasteiger partial charge in [-0.1, -0.05) is 12.1 Å². The Morgan fingerprint density at radius 3 is 2.80 bits per heavy atom. The summed E-state index contributed by atoms with van der Waals surface area (Å²) in [5.74, 6) is 1.60. The van der Waals surface area contributed by atoms with Gasteiger partial charge in [0.2, 0.25) is 0 Å². The zero-order chi connectivity index (χ0) is 14.1. The predicted octanol–water partition coefficient (Wildman–Crippen LogP) is 2.91. The van der Waals surface area contributed by atoms with Gasteiger partial charge in [-0.25, -0.2) is 4.98 Å². The largest absolute Gasteiger partial charge is 0.322 e. The van der Waals surface area contributed by atoms with E-state index in [1.165, 1.54) is 5.56 Å². The van der Waals surface area contributed by atoms with E-state index in [0.29, 0.717) is 5.88 Å². The highest BCUT2D eigenvalue weighted by Crippen LogP contribution is 2.21. The Morgan fingerprint density at radius 1 is 1.25 bits per heavy atom. The molecule has 0 fully saturated rings. The number of aromatic nitrogens is 4. The topological polar surface area (TPSA) is 35.6 Å². The van der Waals surface area contributed by atoms with Gasteiger partial charge in [-0.15, -0.1) is 11.6 Å². The van der Waals surface area contributed by atoms with Crippen LogP contribution in [0.15, 0.2) is 30.5 Å². The molecule has 0 saturated heterocycles. The fourth-order valence-corrected chi connectivity index (χ4v) is 2.67. The predicted molar refractivity (Wildman–Crippen MR) is 81.2 cm³/mol. The summed E-state index contributed by atoms with van der Waals surface area (Å²) in [6.45, 7) is 2.82. The van der Waals surface area contributed by atoms with Crippen LogP contribution >= 0.6 is 11.6 Å². The summed E-state index contributed by atoms with van der Waals surface area (Å²) >= 11 is 5.91. The second kappa shape index (κ2) is 5.29. The van der Waals surface area contributed by atoms with Crippen LogP contribution in [0.25, 0.3) is 11.0 Å². The number of imidazole rings is 1. The first-order valence-corrected chi connectivity index (χ1v) is 7.21. The van der Waals surface area contributed by atoms with E-state index in [2.05, 4.69) is 34.8 Å². The van der Waals surface area contributed by atoms with Crippen molar-refractivity contribution in [3.8, 4) is 0 Å². The third-order valence-corrected chi connectivity index (χ3v) is 3.66. The molecule has 5 heteroatoms. The van der Waals surface area contributed by atoms with E-state index in [-0.39, 0.29) is 0 Å². The molecule has 2 aromatic heterocycles. The average Bonchev–Trinajstić information content (AvgIpc) is 2.97. The lowest BCUT2D eigenvalue weighted by Gasteiger charge is -2.06. The fourth-order valence-electron chi connectivity index (χ4n) is 2.50. The molecule has 4 nitrogen and oxygen atoms in total. The van der Waals surface area contributed by atoms with Gasteiger partial charge in [0.1, 0.15) is 5.82 Å². The Morgan fingerprint density at radius 2 is 2.10 bits per heavy atom. The van der Waals surface area contributed by atoms with Crippen molar-refractivity contribution in [3.05, 3.63) is 47.5 Å². The SMILES string of the molecule is Cc1cccc2c1nc(CCCl)n2Cc1ccn(C)n1. The molecule has 0 atom stereocenters. The number of aryl methyl sites for hydroxylation is 3. The first kappa shape index (κ1) is 13.2. The Bertz CT molecular complexity index is 741. The molecule has 0 aliphatic rings. The average molecular weight is 289 g/mol. The molecule has 104 valence electrons. The van der Waals surface area contributed by atoms with Gasteiger partial charge >= 0.3 is 0 Å². The van der Waals surface area contributed by atoms with E-state index in [0.717, 1.165) is 35.5 Å². The third-order valence-electron chi connectivity index (χ3n) is 3.47. The molecule has 0 radical (unpaired) electrons. The van der Waals surface area contributed by atoms with Gasteiger partial charge in [-0.05, 0) is 24.6 Å². The van der Waals surface area contributed by atoms with Gasteiger partial charge in [0, 0.05) is 25.5 Å². The first-order chi connectivity index (χ1) is 9.69. The molecule has 0 aliphatic carbocycles. The van der Waals surface area contributed by atoms with Gasteiger partial charge in [-0.2, -0.15) is 5.10 Å². The number of fused-ring (bicyclic) bond motifs is 1. The molecule has 1 aromatic carbocycles. The molecule has 0 amide bonds. The summed E-state index contributed by atoms with van der Waals surface area (Å²) in [7, 11) is 1.93. The van der Waals surface area contributed by atoms with Gasteiger partial charge in [-0.3, -0.25) is 4.68 Å². The first-order valence-electron chi connectivity index (χ1n) is 6.68. The zero-order valence-electron chi connectivity index (χ0n) is 11.7. The molecule has 0 aliphatic heterocycles. The number of para-hydroxylation sites is 1. The Kier molecular flexibility index (Phi) is 3.49. The summed E-state index contributed by atoms with van der Waals surface area (Å²) in [6.07, 6.45) is 2.73. The number of hydrogen-bond acceptors (Lipinski definition) is 2. The van der Waals surface area contributed by atoms with E-state index < -0.39 is 0 Å². The number of benzene rings is 1. The second-order valence-electron chi connectivity index (χ2n) is 4.98. The smallest absolute Gasteiger partial charge is 0.111 e. The van der Waals surface area contributed by atoms with Crippen molar-refractivity contribution in [2.45, 2.75) is 19.9 Å². The Hall–Kier alpha value is -1.81. The van der Waals surface area contributed by atoms with Crippen LogP contribution in [-0.2, 0) is 20.0 Å². The van der Waals surface area contributed by atoms with E-state index >= 15 is 0 Å². The van der Waals surface area contributed by atoms with Crippen LogP contribution in [0.4, 0.5) is 0 Å². The summed E-state index contributed by atoms with van der Waals surface area (Å²) in [6, 6.07) is 8.30. The fraction of sp³-hybridized carbons (Fsp3) is 0.333. The van der Waals surface area contributed by atoms with Crippen molar-refractivity contribution in [1.29, 1.82) is 0 Å². The summed E-state index contributed by atoms with van der Waals surface area (Å²) in [5.41, 5.74) is 4.43. The minimum atomic E-state index is 0.574. The lowest BCUT2D eigenvalue weighted by atomic mass is 10.2. The normalized spacial score (nSPS) is 11.3. The van der Waals surface area contributed by atoms with Crippen LogP contribution < -0.4 is 0 Å². The van der Waals surface area contributed by atoms with Gasteiger partial charge in [0.15, 0.2) is 0 Å². The second-order valence-corrected chi connectivity index (χ2v) is 5.35. The molecular formula is C15H17ClN4. The van der Waals surface area contributed by atoms with Crippen LogP contribution in [0, 0.1) is 6.92 Å². The van der Waals surface area contributed by atoms with Gasteiger partial charge in [0.05, 0.1) is 23.3 Å². The highest BCUT2D eigenvalue weighted by molar-refractivity contribution is 6.17. The van der Waals surface area contributed by atoms with Crippen molar-refractivity contribution < 1.29 is 0 Å². The molecular weight excluding hydrogens is 272 g/mol. The van der Waals surface area contributed by atoms with Crippen LogP contribution in [-0.4, -0.2) is 25.2 Å². The van der Waals surface area contributed by atoms with Crippen molar-refractivity contribution in [1.82, 2.24) is 19.3 Å². The van der Waals surface area contributed by atoms with Crippen molar-refractivity contribution in [2.75, 3.05) is 5.88 Å². The zero-order valence-corrected chi connectivity index (χ0v) is 12.4. The standard InChI is InChI=1S/C15H17ClN4/c1-11-4-3-5-13-15(11)17-14(6-8-16)20(13)10-12-7-9-19(2)18-12/h3-5,7,9H,6,8,10H2,1-2H3. The molecule has 3 aromatic rings. The quantitative estimate of drug-likeness (QED) is 0.692. The van der Waals surface area contributed by atoms with Crippen molar-refractivity contribution in [2.24, 2.45) is 7.05 Å². The summed E-state index contributed by atoms with van der Waals surface area (Å²) < 4.78 is 4.04. The number of nitrogens with zero attached hydrogens (tertiary/aromatic N) is 4. The highest BCUT2D eigenvalue weighted by atomic mass is 35.5. The van der Waals surface area contributed by atoms with Crippen LogP contribution in [0.2, 0.25) is 0 Å². The minimum absolute atomic E-state index is 0.574. The van der Waals surface area contributed by atoms with E-state index in [1.807, 2.05) is 24.0 Å². The van der Waals surface area contributed by atoms with Gasteiger partial charge in [0.25, 0.3) is 0 Å². The Balaban J connectivity index is 2.11. The van der Waals surface area contributed by atoms with Crippen LogP contribution in [0.5, 0.6) is 0 Å². The molecule has 2 heterocycles. The third kappa shape index (κ3) is 2.31. The number of hydrogen-bond donors (Lipinski definition) is 0. The number of alkyl halides is 1.